The van der Waals surface area contributed by atoms with Gasteiger partial charge in [0.05, 0.1) is 0 Å². The van der Waals surface area contributed by atoms with Crippen molar-refractivity contribution in [2.45, 2.75) is 24.5 Å². The van der Waals surface area contributed by atoms with Crippen molar-refractivity contribution >= 4 is 26.7 Å². The molecule has 0 saturated carbocycles. The number of ketones is 1. The van der Waals surface area contributed by atoms with Crippen LogP contribution in [-0.4, -0.2) is 32.9 Å². The fourth-order valence-corrected chi connectivity index (χ4v) is 2.50. The van der Waals surface area contributed by atoms with Crippen LogP contribution in [0.4, 0.5) is 13.2 Å². The van der Waals surface area contributed by atoms with Crippen LogP contribution >= 0.6 is 0 Å². The van der Waals surface area contributed by atoms with Crippen LogP contribution in [0.2, 0.25) is 4.47 Å². The molecular formula is C8H11F3OTe. The van der Waals surface area contributed by atoms with Gasteiger partial charge in [-0.05, 0) is 0 Å². The Morgan fingerprint density at radius 1 is 1.46 bits per heavy atom. The van der Waals surface area contributed by atoms with Gasteiger partial charge in [-0.15, -0.1) is 0 Å². The Labute approximate surface area is 85.5 Å². The van der Waals surface area contributed by atoms with Crippen molar-refractivity contribution in [1.82, 2.24) is 0 Å². The van der Waals surface area contributed by atoms with Crippen molar-refractivity contribution in [1.29, 1.82) is 0 Å². The van der Waals surface area contributed by atoms with Crippen LogP contribution in [0.5, 0.6) is 0 Å². The number of allylic oxidation sites excluding steroid dienone is 1. The van der Waals surface area contributed by atoms with Crippen LogP contribution < -0.4 is 0 Å². The van der Waals surface area contributed by atoms with Crippen molar-refractivity contribution in [3.05, 3.63) is 10.2 Å². The van der Waals surface area contributed by atoms with Crippen LogP contribution in [0.3, 0.4) is 0 Å². The van der Waals surface area contributed by atoms with Crippen molar-refractivity contribution in [3.63, 3.8) is 0 Å². The fraction of sp³-hybridized carbons (Fsp3) is 0.625. The Morgan fingerprint density at radius 3 is 2.38 bits per heavy atom. The molecule has 0 N–H and O–H groups in total. The molecule has 0 aliphatic heterocycles. The molecule has 76 valence electrons. The first-order chi connectivity index (χ1) is 5.84. The third kappa shape index (κ3) is 7.09. The zero-order chi connectivity index (χ0) is 10.5. The molecule has 0 amide bonds. The van der Waals surface area contributed by atoms with E-state index in [-0.39, 0.29) is 0 Å². The molecule has 0 fully saturated rings. The molecule has 0 atom stereocenters. The first kappa shape index (κ1) is 13.0. The van der Waals surface area contributed by atoms with E-state index in [0.29, 0.717) is 12.0 Å². The average Bonchev–Trinajstić information content (AvgIpc) is 1.95. The van der Waals surface area contributed by atoms with Crippen LogP contribution in [0.15, 0.2) is 10.2 Å². The molecule has 0 aliphatic rings. The molecule has 0 rings (SSSR count). The number of rotatable bonds is 4. The van der Waals surface area contributed by atoms with Gasteiger partial charge in [0, 0.05) is 0 Å². The van der Waals surface area contributed by atoms with Gasteiger partial charge in [0.25, 0.3) is 0 Å². The second-order valence-electron chi connectivity index (χ2n) is 2.89. The first-order valence-electron chi connectivity index (χ1n) is 3.73. The van der Waals surface area contributed by atoms with E-state index in [0.717, 1.165) is 4.47 Å². The molecule has 0 aliphatic carbocycles. The molecule has 0 saturated heterocycles. The zero-order valence-electron chi connectivity index (χ0n) is 7.39. The third-order valence-corrected chi connectivity index (χ3v) is 4.41. The van der Waals surface area contributed by atoms with Gasteiger partial charge in [0.1, 0.15) is 0 Å². The van der Waals surface area contributed by atoms with Gasteiger partial charge in [-0.1, -0.05) is 0 Å². The van der Waals surface area contributed by atoms with Gasteiger partial charge >= 0.3 is 85.3 Å². The average molecular weight is 308 g/mol. The summed E-state index contributed by atoms with van der Waals surface area (Å²) in [7, 11) is 0. The van der Waals surface area contributed by atoms with Gasteiger partial charge in [0.15, 0.2) is 0 Å². The summed E-state index contributed by atoms with van der Waals surface area (Å²) in [4.78, 5) is 10.3. The Kier molecular flexibility index (Phi) is 5.66. The van der Waals surface area contributed by atoms with Crippen LogP contribution in [0.1, 0.15) is 13.8 Å². The van der Waals surface area contributed by atoms with E-state index < -0.39 is 32.9 Å². The summed E-state index contributed by atoms with van der Waals surface area (Å²) in [6.07, 6.45) is -4.05. The standard InChI is InChI=1S/C8H11F3OTe/c1-6(2)5-13-4-3-7(12)8(9,10)11/h3-4,6H,5H2,1-2H3/b4-3-. The number of hydrogen-bond donors (Lipinski definition) is 0. The van der Waals surface area contributed by atoms with E-state index in [4.69, 9.17) is 0 Å². The van der Waals surface area contributed by atoms with E-state index in [1.54, 1.807) is 0 Å². The maximum atomic E-state index is 11.6. The molecular weight excluding hydrogens is 297 g/mol. The fourth-order valence-electron chi connectivity index (χ4n) is 0.452. The number of halogens is 3. The van der Waals surface area contributed by atoms with Crippen molar-refractivity contribution in [2.75, 3.05) is 0 Å². The van der Waals surface area contributed by atoms with Gasteiger partial charge in [-0.25, -0.2) is 0 Å². The molecule has 1 nitrogen and oxygen atoms in total. The normalized spacial score (nSPS) is 12.8. The van der Waals surface area contributed by atoms with Gasteiger partial charge in [0.2, 0.25) is 0 Å². The van der Waals surface area contributed by atoms with E-state index >= 15 is 0 Å². The molecule has 0 unspecified atom stereocenters. The number of alkyl halides is 3. The Morgan fingerprint density at radius 2 is 2.00 bits per heavy atom. The summed E-state index contributed by atoms with van der Waals surface area (Å²) in [5.74, 6) is -1.26. The minimum absolute atomic E-state index is 0.494. The van der Waals surface area contributed by atoms with E-state index in [9.17, 15) is 18.0 Å². The molecule has 0 radical (unpaired) electrons. The number of carbonyl (C=O) groups excluding carboxylic acids is 1. The second kappa shape index (κ2) is 5.66. The molecule has 0 aromatic rings. The summed E-state index contributed by atoms with van der Waals surface area (Å²) in [6.45, 7) is 4.01. The van der Waals surface area contributed by atoms with Crippen molar-refractivity contribution in [3.8, 4) is 0 Å². The number of hydrogen-bond acceptors (Lipinski definition) is 1. The van der Waals surface area contributed by atoms with E-state index in [2.05, 4.69) is 0 Å². The van der Waals surface area contributed by atoms with Gasteiger partial charge < -0.3 is 0 Å². The van der Waals surface area contributed by atoms with Gasteiger partial charge in [-0.3, -0.25) is 0 Å². The predicted octanol–water partition coefficient (Wildman–Crippen LogP) is 2.41. The van der Waals surface area contributed by atoms with E-state index in [1.807, 2.05) is 13.8 Å². The molecule has 0 aromatic heterocycles. The molecule has 0 spiro atoms. The predicted molar refractivity (Wildman–Crippen MR) is 45.6 cm³/mol. The minimum atomic E-state index is -4.71. The zero-order valence-corrected chi connectivity index (χ0v) is 9.72. The summed E-state index contributed by atoms with van der Waals surface area (Å²) < 4.78 is 37.3. The van der Waals surface area contributed by atoms with Crippen LogP contribution in [0.25, 0.3) is 0 Å². The monoisotopic (exact) mass is 310 g/mol. The second-order valence-corrected chi connectivity index (χ2v) is 5.57. The Hall–Kier alpha value is -0.0104. The molecule has 0 bridgehead atoms. The van der Waals surface area contributed by atoms with E-state index in [1.165, 1.54) is 4.12 Å². The van der Waals surface area contributed by atoms with Crippen molar-refractivity contribution < 1.29 is 18.0 Å². The summed E-state index contributed by atoms with van der Waals surface area (Å²) in [6, 6.07) is 0. The summed E-state index contributed by atoms with van der Waals surface area (Å²) >= 11 is -0.565. The topological polar surface area (TPSA) is 17.1 Å². The third-order valence-electron chi connectivity index (χ3n) is 1.02. The Balaban J connectivity index is 3.80. The molecule has 13 heavy (non-hydrogen) atoms. The summed E-state index contributed by atoms with van der Waals surface area (Å²) in [5, 5.41) is 0. The molecule has 5 heteroatoms. The number of carbonyl (C=O) groups is 1. The van der Waals surface area contributed by atoms with Crippen LogP contribution in [-0.2, 0) is 4.79 Å². The summed E-state index contributed by atoms with van der Waals surface area (Å²) in [5.41, 5.74) is 0. The first-order valence-corrected chi connectivity index (χ1v) is 6.72. The van der Waals surface area contributed by atoms with Crippen LogP contribution in [0, 0.1) is 5.92 Å². The quantitative estimate of drug-likeness (QED) is 0.576. The molecule has 0 aromatic carbocycles. The van der Waals surface area contributed by atoms with Crippen molar-refractivity contribution in [2.24, 2.45) is 5.92 Å². The Bertz CT molecular complexity index is 196. The maximum absolute atomic E-state index is 11.6. The van der Waals surface area contributed by atoms with Gasteiger partial charge in [-0.2, -0.15) is 0 Å². The SMILES string of the molecule is CC(C)C[Te]/C=C\C(=O)C(F)(F)F. The molecule has 0 heterocycles.